The number of thiazole rings is 1. The zero-order valence-corrected chi connectivity index (χ0v) is 15.7. The van der Waals surface area contributed by atoms with Crippen molar-refractivity contribution in [2.24, 2.45) is 0 Å². The number of hydrogen-bond acceptors (Lipinski definition) is 6. The molecule has 4 rings (SSSR count). The van der Waals surface area contributed by atoms with E-state index >= 15 is 0 Å². The highest BCUT2D eigenvalue weighted by atomic mass is 32.2. The number of aliphatic hydroxyl groups excluding tert-OH is 1. The second kappa shape index (κ2) is 6.72. The molecule has 3 heterocycles. The Bertz CT molecular complexity index is 1040. The van der Waals surface area contributed by atoms with E-state index in [1.165, 1.54) is 11.3 Å². The fraction of sp³-hybridized carbons (Fsp3) is 0.294. The molecule has 1 aromatic carbocycles. The number of fused-ring (bicyclic) bond motifs is 1. The number of aromatic amines is 1. The van der Waals surface area contributed by atoms with Crippen LogP contribution in [0.1, 0.15) is 17.5 Å². The van der Waals surface area contributed by atoms with Crippen LogP contribution in [0.15, 0.2) is 28.7 Å². The fourth-order valence-electron chi connectivity index (χ4n) is 3.14. The van der Waals surface area contributed by atoms with Gasteiger partial charge in [0.2, 0.25) is 0 Å². The normalized spacial score (nSPS) is 18.2. The number of benzene rings is 1. The minimum atomic E-state index is -1.46. The number of H-pyrrole nitrogens is 1. The van der Waals surface area contributed by atoms with Gasteiger partial charge in [-0.15, -0.1) is 0 Å². The Morgan fingerprint density at radius 1 is 1.54 bits per heavy atom. The molecule has 0 radical (unpaired) electrons. The molecule has 0 spiro atoms. The van der Waals surface area contributed by atoms with Crippen LogP contribution in [-0.4, -0.2) is 38.5 Å². The highest BCUT2D eigenvalue weighted by molar-refractivity contribution is 7.88. The van der Waals surface area contributed by atoms with Gasteiger partial charge in [-0.05, 0) is 25.0 Å². The van der Waals surface area contributed by atoms with Gasteiger partial charge in [0.25, 0.3) is 0 Å². The summed E-state index contributed by atoms with van der Waals surface area (Å²) in [5.41, 5.74) is 3.00. The van der Waals surface area contributed by atoms with E-state index in [4.69, 9.17) is 0 Å². The van der Waals surface area contributed by atoms with Crippen molar-refractivity contribution in [3.63, 3.8) is 0 Å². The number of anilines is 2. The van der Waals surface area contributed by atoms with Crippen LogP contribution in [0.25, 0.3) is 10.9 Å². The van der Waals surface area contributed by atoms with Crippen molar-refractivity contribution < 1.29 is 9.32 Å². The predicted molar refractivity (Wildman–Crippen MR) is 103 cm³/mol. The molecule has 2 unspecified atom stereocenters. The van der Waals surface area contributed by atoms with Crippen molar-refractivity contribution >= 4 is 44.0 Å². The lowest BCUT2D eigenvalue weighted by Gasteiger charge is -2.12. The Hall–Kier alpha value is -2.41. The van der Waals surface area contributed by atoms with Gasteiger partial charge in [-0.1, -0.05) is 17.4 Å². The monoisotopic (exact) mass is 387 g/mol. The topological polar surface area (TPSA) is 105 Å². The molecule has 2 atom stereocenters. The van der Waals surface area contributed by atoms with Crippen LogP contribution in [0.2, 0.25) is 0 Å². The minimum Gasteiger partial charge on any atom is -0.391 e. The van der Waals surface area contributed by atoms with Crippen molar-refractivity contribution in [1.29, 1.82) is 5.26 Å². The maximum atomic E-state index is 12.7. The molecule has 3 N–H and O–H groups in total. The first-order valence-electron chi connectivity index (χ1n) is 8.15. The summed E-state index contributed by atoms with van der Waals surface area (Å²) >= 11 is 1.36. The van der Waals surface area contributed by atoms with Crippen LogP contribution in [0.5, 0.6) is 0 Å². The maximum Gasteiger partial charge on any atom is 0.186 e. The molecule has 134 valence electrons. The molecular formula is C17H17N5O2S2. The van der Waals surface area contributed by atoms with Crippen LogP contribution in [-0.2, 0) is 11.0 Å². The molecule has 0 amide bonds. The SMILES string of the molecule is Cc1ccc(NS(=O)c2cnc(N3CCC(O)C3)s2)c2[nH]cc(C#N)c12. The number of aliphatic hydroxyl groups is 1. The number of nitrogens with zero attached hydrogens (tertiary/aromatic N) is 3. The van der Waals surface area contributed by atoms with Crippen molar-refractivity contribution in [2.45, 2.75) is 23.7 Å². The van der Waals surface area contributed by atoms with Crippen molar-refractivity contribution in [3.05, 3.63) is 35.7 Å². The summed E-state index contributed by atoms with van der Waals surface area (Å²) in [4.78, 5) is 9.44. The van der Waals surface area contributed by atoms with Crippen molar-refractivity contribution in [2.75, 3.05) is 22.7 Å². The van der Waals surface area contributed by atoms with E-state index in [0.717, 1.165) is 34.6 Å². The average molecular weight is 387 g/mol. The standard InChI is InChI=1S/C17H17N5O2S2/c1-10-2-3-13(16-15(10)11(6-18)7-19-16)21-26(24)14-8-20-17(25-14)22-5-4-12(23)9-22/h2-3,7-8,12,19,21,23H,4-5,9H2,1H3. The first-order valence-corrected chi connectivity index (χ1v) is 10.1. The number of hydrogen-bond donors (Lipinski definition) is 3. The van der Waals surface area contributed by atoms with E-state index in [-0.39, 0.29) is 6.10 Å². The molecule has 0 aliphatic carbocycles. The largest absolute Gasteiger partial charge is 0.391 e. The van der Waals surface area contributed by atoms with Crippen LogP contribution in [0.4, 0.5) is 10.8 Å². The van der Waals surface area contributed by atoms with Crippen molar-refractivity contribution in [1.82, 2.24) is 9.97 Å². The minimum absolute atomic E-state index is 0.325. The summed E-state index contributed by atoms with van der Waals surface area (Å²) in [7, 11) is -1.46. The van der Waals surface area contributed by atoms with E-state index < -0.39 is 11.0 Å². The summed E-state index contributed by atoms with van der Waals surface area (Å²) in [6.45, 7) is 3.26. The second-order valence-corrected chi connectivity index (χ2v) is 8.66. The molecular weight excluding hydrogens is 370 g/mol. The quantitative estimate of drug-likeness (QED) is 0.638. The molecule has 9 heteroatoms. The van der Waals surface area contributed by atoms with E-state index in [1.54, 1.807) is 12.4 Å². The molecule has 0 bridgehead atoms. The van der Waals surface area contributed by atoms with Gasteiger partial charge in [0.05, 0.1) is 29.1 Å². The van der Waals surface area contributed by atoms with Gasteiger partial charge in [-0.25, -0.2) is 9.19 Å². The van der Waals surface area contributed by atoms with Crippen molar-refractivity contribution in [3.8, 4) is 6.07 Å². The zero-order chi connectivity index (χ0) is 18.3. The third-order valence-electron chi connectivity index (χ3n) is 4.46. The summed E-state index contributed by atoms with van der Waals surface area (Å²) < 4.78 is 16.4. The molecule has 26 heavy (non-hydrogen) atoms. The molecule has 0 saturated carbocycles. The molecule has 1 aliphatic heterocycles. The van der Waals surface area contributed by atoms with Gasteiger partial charge in [0.15, 0.2) is 16.1 Å². The fourth-order valence-corrected chi connectivity index (χ4v) is 5.10. The number of β-amino-alcohol motifs (C(OH)–C–C–N with tert-alkyl or cyclic N) is 1. The average Bonchev–Trinajstić information content (AvgIpc) is 3.35. The smallest absolute Gasteiger partial charge is 0.186 e. The van der Waals surface area contributed by atoms with Gasteiger partial charge in [-0.2, -0.15) is 5.26 Å². The maximum absolute atomic E-state index is 12.7. The Labute approximate surface area is 156 Å². The zero-order valence-electron chi connectivity index (χ0n) is 14.0. The Balaban J connectivity index is 1.59. The van der Waals surface area contributed by atoms with E-state index in [2.05, 4.69) is 20.8 Å². The second-order valence-electron chi connectivity index (χ2n) is 6.22. The predicted octanol–water partition coefficient (Wildman–Crippen LogP) is 2.51. The van der Waals surface area contributed by atoms with Gasteiger partial charge in [0.1, 0.15) is 10.3 Å². The summed E-state index contributed by atoms with van der Waals surface area (Å²) in [6, 6.07) is 5.93. The number of aromatic nitrogens is 2. The lowest BCUT2D eigenvalue weighted by atomic mass is 10.1. The molecule has 1 fully saturated rings. The van der Waals surface area contributed by atoms with Gasteiger partial charge >= 0.3 is 0 Å². The van der Waals surface area contributed by atoms with E-state index in [0.29, 0.717) is 22.0 Å². The molecule has 1 aliphatic rings. The van der Waals surface area contributed by atoms with Crippen LogP contribution in [0.3, 0.4) is 0 Å². The Morgan fingerprint density at radius 3 is 3.12 bits per heavy atom. The number of nitriles is 1. The Morgan fingerprint density at radius 2 is 2.38 bits per heavy atom. The molecule has 7 nitrogen and oxygen atoms in total. The first kappa shape index (κ1) is 17.0. The third-order valence-corrected chi connectivity index (χ3v) is 6.89. The summed E-state index contributed by atoms with van der Waals surface area (Å²) in [5.74, 6) is 0. The molecule has 3 aromatic rings. The van der Waals surface area contributed by atoms with Gasteiger partial charge in [-0.3, -0.25) is 4.72 Å². The highest BCUT2D eigenvalue weighted by Gasteiger charge is 2.23. The highest BCUT2D eigenvalue weighted by Crippen LogP contribution is 2.31. The number of aryl methyl sites for hydroxylation is 1. The third kappa shape index (κ3) is 2.96. The molecule has 2 aromatic heterocycles. The lowest BCUT2D eigenvalue weighted by Crippen LogP contribution is -2.20. The lowest BCUT2D eigenvalue weighted by molar-refractivity contribution is 0.198. The van der Waals surface area contributed by atoms with E-state index in [1.807, 2.05) is 24.0 Å². The van der Waals surface area contributed by atoms with Gasteiger partial charge in [0, 0.05) is 24.7 Å². The number of nitrogens with one attached hydrogen (secondary N) is 2. The molecule has 1 saturated heterocycles. The van der Waals surface area contributed by atoms with Crippen LogP contribution < -0.4 is 9.62 Å². The Kier molecular flexibility index (Phi) is 4.40. The number of rotatable bonds is 4. The summed E-state index contributed by atoms with van der Waals surface area (Å²) in [6.07, 6.45) is 3.67. The van der Waals surface area contributed by atoms with Gasteiger partial charge < -0.3 is 15.0 Å². The van der Waals surface area contributed by atoms with E-state index in [9.17, 15) is 14.6 Å². The van der Waals surface area contributed by atoms with Crippen LogP contribution in [0, 0.1) is 18.3 Å². The first-order chi connectivity index (χ1) is 12.6. The summed E-state index contributed by atoms with van der Waals surface area (Å²) in [5, 5.41) is 20.5. The van der Waals surface area contributed by atoms with Crippen LogP contribution >= 0.6 is 11.3 Å².